The van der Waals surface area contributed by atoms with Gasteiger partial charge in [0.1, 0.15) is 0 Å². The van der Waals surface area contributed by atoms with E-state index >= 15 is 0 Å². The lowest BCUT2D eigenvalue weighted by Gasteiger charge is -2.40. The van der Waals surface area contributed by atoms with Crippen LogP contribution in [0.3, 0.4) is 0 Å². The molecular formula is C13H13BrN2O4. The van der Waals surface area contributed by atoms with Crippen molar-refractivity contribution in [2.75, 3.05) is 19.6 Å². The predicted molar refractivity (Wildman–Crippen MR) is 71.8 cm³/mol. The van der Waals surface area contributed by atoms with Crippen LogP contribution in [-0.4, -0.2) is 47.2 Å². The van der Waals surface area contributed by atoms with Crippen LogP contribution >= 0.6 is 15.9 Å². The maximum Gasteiger partial charge on any atom is 0.289 e. The molecule has 3 amide bonds. The number of carbonyl (C=O) groups is 3. The van der Waals surface area contributed by atoms with Crippen molar-refractivity contribution in [3.63, 3.8) is 0 Å². The standard InChI is InChI=1S/C13H13BrN2O4/c14-10-2-1-9(20-10)13(19)15-5-8(6-15)7-16-11(17)3-4-12(16)18/h1-2,8H,3-7H2. The molecule has 0 radical (unpaired) electrons. The number of hydrogen-bond donors (Lipinski definition) is 0. The van der Waals surface area contributed by atoms with Gasteiger partial charge in [-0.05, 0) is 28.1 Å². The molecule has 2 aliphatic rings. The Kier molecular flexibility index (Phi) is 3.37. The Morgan fingerprint density at radius 2 is 1.90 bits per heavy atom. The lowest BCUT2D eigenvalue weighted by Crippen LogP contribution is -2.54. The molecule has 0 saturated carbocycles. The van der Waals surface area contributed by atoms with E-state index in [-0.39, 0.29) is 23.6 Å². The third-order valence-electron chi connectivity index (χ3n) is 3.62. The zero-order chi connectivity index (χ0) is 14.3. The number of amides is 3. The highest BCUT2D eigenvalue weighted by molar-refractivity contribution is 9.10. The van der Waals surface area contributed by atoms with Crippen LogP contribution in [0.2, 0.25) is 0 Å². The van der Waals surface area contributed by atoms with Gasteiger partial charge in [-0.1, -0.05) is 0 Å². The van der Waals surface area contributed by atoms with E-state index in [4.69, 9.17) is 4.42 Å². The van der Waals surface area contributed by atoms with Crippen molar-refractivity contribution in [1.29, 1.82) is 0 Å². The molecule has 2 saturated heterocycles. The molecule has 3 heterocycles. The highest BCUT2D eigenvalue weighted by Gasteiger charge is 2.37. The van der Waals surface area contributed by atoms with Gasteiger partial charge >= 0.3 is 0 Å². The first kappa shape index (κ1) is 13.4. The van der Waals surface area contributed by atoms with Crippen molar-refractivity contribution < 1.29 is 18.8 Å². The van der Waals surface area contributed by atoms with Gasteiger partial charge in [0.15, 0.2) is 10.4 Å². The van der Waals surface area contributed by atoms with E-state index in [2.05, 4.69) is 15.9 Å². The molecule has 0 aliphatic carbocycles. The van der Waals surface area contributed by atoms with Gasteiger partial charge in [-0.3, -0.25) is 19.3 Å². The fraction of sp³-hybridized carbons (Fsp3) is 0.462. The minimum Gasteiger partial charge on any atom is -0.444 e. The van der Waals surface area contributed by atoms with Crippen molar-refractivity contribution in [2.24, 2.45) is 5.92 Å². The summed E-state index contributed by atoms with van der Waals surface area (Å²) in [6, 6.07) is 3.29. The van der Waals surface area contributed by atoms with E-state index < -0.39 is 0 Å². The fourth-order valence-corrected chi connectivity index (χ4v) is 2.83. The van der Waals surface area contributed by atoms with Gasteiger partial charge in [-0.2, -0.15) is 0 Å². The Balaban J connectivity index is 1.53. The highest BCUT2D eigenvalue weighted by atomic mass is 79.9. The van der Waals surface area contributed by atoms with Gasteiger partial charge in [-0.25, -0.2) is 0 Å². The van der Waals surface area contributed by atoms with Crippen molar-refractivity contribution in [2.45, 2.75) is 12.8 Å². The topological polar surface area (TPSA) is 70.8 Å². The smallest absolute Gasteiger partial charge is 0.289 e. The molecular weight excluding hydrogens is 328 g/mol. The van der Waals surface area contributed by atoms with E-state index in [0.29, 0.717) is 42.9 Å². The van der Waals surface area contributed by atoms with Gasteiger partial charge < -0.3 is 9.32 Å². The van der Waals surface area contributed by atoms with E-state index in [0.717, 1.165) is 0 Å². The SMILES string of the molecule is O=C(c1ccc(Br)o1)N1CC(CN2C(=O)CCC2=O)C1. The fourth-order valence-electron chi connectivity index (χ4n) is 2.52. The molecule has 0 spiro atoms. The minimum absolute atomic E-state index is 0.102. The molecule has 0 aromatic carbocycles. The van der Waals surface area contributed by atoms with Gasteiger partial charge in [0.2, 0.25) is 11.8 Å². The number of likely N-dealkylation sites (tertiary alicyclic amines) is 2. The van der Waals surface area contributed by atoms with E-state index in [9.17, 15) is 14.4 Å². The first-order valence-corrected chi connectivity index (χ1v) is 7.21. The third-order valence-corrected chi connectivity index (χ3v) is 4.05. The molecule has 0 unspecified atom stereocenters. The molecule has 106 valence electrons. The molecule has 3 rings (SSSR count). The predicted octanol–water partition coefficient (Wildman–Crippen LogP) is 1.26. The van der Waals surface area contributed by atoms with Gasteiger partial charge in [0.05, 0.1) is 0 Å². The highest BCUT2D eigenvalue weighted by Crippen LogP contribution is 2.24. The van der Waals surface area contributed by atoms with Crippen molar-refractivity contribution in [3.8, 4) is 0 Å². The quantitative estimate of drug-likeness (QED) is 0.776. The minimum atomic E-state index is -0.161. The van der Waals surface area contributed by atoms with E-state index in [1.54, 1.807) is 17.0 Å². The van der Waals surface area contributed by atoms with E-state index in [1.165, 1.54) is 4.90 Å². The third kappa shape index (κ3) is 2.37. The lowest BCUT2D eigenvalue weighted by molar-refractivity contribution is -0.139. The molecule has 2 aliphatic heterocycles. The average molecular weight is 341 g/mol. The summed E-state index contributed by atoms with van der Waals surface area (Å²) in [4.78, 5) is 38.0. The number of hydrogen-bond acceptors (Lipinski definition) is 4. The summed E-state index contributed by atoms with van der Waals surface area (Å²) in [6.45, 7) is 1.52. The first-order chi connectivity index (χ1) is 9.54. The average Bonchev–Trinajstić information content (AvgIpc) is 2.92. The second kappa shape index (κ2) is 5.05. The summed E-state index contributed by atoms with van der Waals surface area (Å²) < 4.78 is 5.73. The number of carbonyl (C=O) groups excluding carboxylic acids is 3. The van der Waals surface area contributed by atoms with Crippen LogP contribution in [0.1, 0.15) is 23.4 Å². The lowest BCUT2D eigenvalue weighted by atomic mass is 9.99. The Morgan fingerprint density at radius 1 is 1.25 bits per heavy atom. The molecule has 6 nitrogen and oxygen atoms in total. The van der Waals surface area contributed by atoms with E-state index in [1.807, 2.05) is 0 Å². The van der Waals surface area contributed by atoms with Gasteiger partial charge in [0, 0.05) is 38.4 Å². The second-order valence-corrected chi connectivity index (χ2v) is 5.86. The molecule has 2 fully saturated rings. The number of halogens is 1. The zero-order valence-corrected chi connectivity index (χ0v) is 12.3. The van der Waals surface area contributed by atoms with Gasteiger partial charge in [-0.15, -0.1) is 0 Å². The van der Waals surface area contributed by atoms with Crippen LogP contribution in [0.4, 0.5) is 0 Å². The summed E-state index contributed by atoms with van der Waals surface area (Å²) >= 11 is 3.15. The number of imide groups is 1. The van der Waals surface area contributed by atoms with Crippen LogP contribution < -0.4 is 0 Å². The number of nitrogens with zero attached hydrogens (tertiary/aromatic N) is 2. The first-order valence-electron chi connectivity index (χ1n) is 6.42. The Labute approximate surface area is 123 Å². The molecule has 0 bridgehead atoms. The van der Waals surface area contributed by atoms with Crippen LogP contribution in [0.5, 0.6) is 0 Å². The zero-order valence-electron chi connectivity index (χ0n) is 10.7. The molecule has 1 aromatic heterocycles. The number of rotatable bonds is 3. The van der Waals surface area contributed by atoms with Crippen LogP contribution in [0, 0.1) is 5.92 Å². The van der Waals surface area contributed by atoms with Crippen molar-refractivity contribution in [3.05, 3.63) is 22.6 Å². The Bertz CT molecular complexity index is 561. The molecule has 0 atom stereocenters. The van der Waals surface area contributed by atoms with Crippen molar-refractivity contribution in [1.82, 2.24) is 9.80 Å². The largest absolute Gasteiger partial charge is 0.444 e. The monoisotopic (exact) mass is 340 g/mol. The molecule has 0 N–H and O–H groups in total. The van der Waals surface area contributed by atoms with Crippen LogP contribution in [-0.2, 0) is 9.59 Å². The van der Waals surface area contributed by atoms with Crippen LogP contribution in [0.15, 0.2) is 21.2 Å². The maximum atomic E-state index is 12.0. The molecule has 7 heteroatoms. The molecule has 20 heavy (non-hydrogen) atoms. The summed E-state index contributed by atoms with van der Waals surface area (Å²) in [5, 5.41) is 0. The number of furan rings is 1. The summed E-state index contributed by atoms with van der Waals surface area (Å²) in [5.74, 6) is 0.0995. The van der Waals surface area contributed by atoms with Gasteiger partial charge in [0.25, 0.3) is 5.91 Å². The Hall–Kier alpha value is -1.63. The second-order valence-electron chi connectivity index (χ2n) is 5.08. The maximum absolute atomic E-state index is 12.0. The Morgan fingerprint density at radius 3 is 2.45 bits per heavy atom. The summed E-state index contributed by atoms with van der Waals surface area (Å²) in [5.41, 5.74) is 0. The summed E-state index contributed by atoms with van der Waals surface area (Å²) in [6.07, 6.45) is 0.628. The summed E-state index contributed by atoms with van der Waals surface area (Å²) in [7, 11) is 0. The van der Waals surface area contributed by atoms with Crippen LogP contribution in [0.25, 0.3) is 0 Å². The van der Waals surface area contributed by atoms with Crippen molar-refractivity contribution >= 4 is 33.7 Å². The molecule has 1 aromatic rings. The normalized spacial score (nSPS) is 19.6.